The molecule has 0 aliphatic carbocycles. The van der Waals surface area contributed by atoms with Gasteiger partial charge in [0.2, 0.25) is 11.8 Å². The zero-order valence-electron chi connectivity index (χ0n) is 17.1. The van der Waals surface area contributed by atoms with E-state index in [1.165, 1.54) is 11.3 Å². The molecule has 1 atom stereocenters. The van der Waals surface area contributed by atoms with Crippen LogP contribution in [0.4, 0.5) is 5.69 Å². The lowest BCUT2D eigenvalue weighted by molar-refractivity contribution is -0.121. The van der Waals surface area contributed by atoms with Crippen LogP contribution in [0, 0.1) is 0 Å². The van der Waals surface area contributed by atoms with Crippen molar-refractivity contribution in [1.82, 2.24) is 15.6 Å². The maximum atomic E-state index is 12.4. The van der Waals surface area contributed by atoms with Gasteiger partial charge in [0.1, 0.15) is 6.04 Å². The van der Waals surface area contributed by atoms with Crippen molar-refractivity contribution in [2.45, 2.75) is 25.3 Å². The molecule has 3 aromatic rings. The van der Waals surface area contributed by atoms with Crippen LogP contribution >= 0.6 is 22.9 Å². The highest BCUT2D eigenvalue weighted by molar-refractivity contribution is 7.09. The van der Waals surface area contributed by atoms with E-state index in [2.05, 4.69) is 20.9 Å². The van der Waals surface area contributed by atoms with E-state index in [0.717, 1.165) is 16.3 Å². The lowest BCUT2D eigenvalue weighted by Crippen LogP contribution is -2.42. The molecule has 0 bridgehead atoms. The van der Waals surface area contributed by atoms with Gasteiger partial charge in [-0.05, 0) is 30.7 Å². The first-order valence-corrected chi connectivity index (χ1v) is 11.4. The van der Waals surface area contributed by atoms with Gasteiger partial charge in [-0.2, -0.15) is 0 Å². The first-order chi connectivity index (χ1) is 15.5. The van der Waals surface area contributed by atoms with E-state index in [0.29, 0.717) is 29.2 Å². The second-order valence-electron chi connectivity index (χ2n) is 7.33. The maximum absolute atomic E-state index is 12.4. The maximum Gasteiger partial charge on any atom is 0.254 e. The largest absolute Gasteiger partial charge is 0.356 e. The SMILES string of the molecule is O=C(CCC1NC(=O)c2ccccc2NC1=O)NCCc1nc(-c2ccc(Cl)cc2)cs1. The summed E-state index contributed by atoms with van der Waals surface area (Å²) in [4.78, 5) is 41.6. The molecule has 1 aromatic heterocycles. The lowest BCUT2D eigenvalue weighted by Gasteiger charge is -2.14. The Bertz CT molecular complexity index is 1150. The van der Waals surface area contributed by atoms with Crippen LogP contribution in [0.1, 0.15) is 28.2 Å². The van der Waals surface area contributed by atoms with Crippen LogP contribution in [0.3, 0.4) is 0 Å². The monoisotopic (exact) mass is 468 g/mol. The molecule has 3 amide bonds. The summed E-state index contributed by atoms with van der Waals surface area (Å²) in [5.41, 5.74) is 2.76. The van der Waals surface area contributed by atoms with Gasteiger partial charge in [0.05, 0.1) is 22.0 Å². The summed E-state index contributed by atoms with van der Waals surface area (Å²) in [6.45, 7) is 0.446. The van der Waals surface area contributed by atoms with Crippen molar-refractivity contribution in [3.05, 3.63) is 69.5 Å². The number of carbonyl (C=O) groups excluding carboxylic acids is 3. The van der Waals surface area contributed by atoms with Crippen molar-refractivity contribution in [1.29, 1.82) is 0 Å². The van der Waals surface area contributed by atoms with Crippen molar-refractivity contribution in [3.8, 4) is 11.3 Å². The molecule has 0 saturated heterocycles. The minimum Gasteiger partial charge on any atom is -0.356 e. The number of fused-ring (bicyclic) bond motifs is 1. The topological polar surface area (TPSA) is 100 Å². The zero-order chi connectivity index (χ0) is 22.5. The first kappa shape index (κ1) is 22.0. The standard InChI is InChI=1S/C23H21ClN4O3S/c24-15-7-5-14(6-8-15)19-13-32-21(26-19)11-12-25-20(29)10-9-18-23(31)27-17-4-2-1-3-16(17)22(30)28-18/h1-8,13,18H,9-12H2,(H,25,29)(H,27,31)(H,28,30). The van der Waals surface area contributed by atoms with Crippen LogP contribution in [0.25, 0.3) is 11.3 Å². The van der Waals surface area contributed by atoms with Gasteiger partial charge in [0.25, 0.3) is 5.91 Å². The van der Waals surface area contributed by atoms with Crippen LogP contribution in [0.2, 0.25) is 5.02 Å². The first-order valence-electron chi connectivity index (χ1n) is 10.2. The van der Waals surface area contributed by atoms with Crippen LogP contribution in [0.5, 0.6) is 0 Å². The number of nitrogens with zero attached hydrogens (tertiary/aromatic N) is 1. The number of nitrogens with one attached hydrogen (secondary N) is 3. The Morgan fingerprint density at radius 1 is 1.12 bits per heavy atom. The van der Waals surface area contributed by atoms with Crippen molar-refractivity contribution >= 4 is 46.3 Å². The molecule has 1 aliphatic rings. The predicted octanol–water partition coefficient (Wildman–Crippen LogP) is 3.65. The van der Waals surface area contributed by atoms with E-state index in [4.69, 9.17) is 11.6 Å². The van der Waals surface area contributed by atoms with E-state index >= 15 is 0 Å². The van der Waals surface area contributed by atoms with E-state index < -0.39 is 6.04 Å². The number of anilines is 1. The summed E-state index contributed by atoms with van der Waals surface area (Å²) < 4.78 is 0. The molecule has 0 spiro atoms. The Morgan fingerprint density at radius 2 is 1.91 bits per heavy atom. The average molecular weight is 469 g/mol. The van der Waals surface area contributed by atoms with Crippen LogP contribution < -0.4 is 16.0 Å². The number of para-hydroxylation sites is 1. The fraction of sp³-hybridized carbons (Fsp3) is 0.217. The van der Waals surface area contributed by atoms with Crippen molar-refractivity contribution in [2.75, 3.05) is 11.9 Å². The molecule has 164 valence electrons. The number of hydrogen-bond acceptors (Lipinski definition) is 5. The number of aromatic nitrogens is 1. The highest BCUT2D eigenvalue weighted by Crippen LogP contribution is 2.23. The molecule has 7 nitrogen and oxygen atoms in total. The number of thiazole rings is 1. The molecular formula is C23H21ClN4O3S. The van der Waals surface area contributed by atoms with E-state index in [9.17, 15) is 14.4 Å². The molecule has 4 rings (SSSR count). The molecule has 0 saturated carbocycles. The minimum atomic E-state index is -0.762. The fourth-order valence-corrected chi connectivity index (χ4v) is 4.30. The van der Waals surface area contributed by atoms with Gasteiger partial charge >= 0.3 is 0 Å². The molecule has 1 unspecified atom stereocenters. The third-order valence-corrected chi connectivity index (χ3v) is 6.22. The number of amides is 3. The molecule has 1 aliphatic heterocycles. The van der Waals surface area contributed by atoms with Crippen LogP contribution in [-0.4, -0.2) is 35.3 Å². The minimum absolute atomic E-state index is 0.128. The molecule has 3 N–H and O–H groups in total. The number of benzene rings is 2. The van der Waals surface area contributed by atoms with Gasteiger partial charge in [-0.3, -0.25) is 14.4 Å². The van der Waals surface area contributed by atoms with E-state index in [-0.39, 0.29) is 30.6 Å². The Kier molecular flexibility index (Phi) is 6.82. The molecule has 2 heterocycles. The van der Waals surface area contributed by atoms with Crippen molar-refractivity contribution < 1.29 is 14.4 Å². The fourth-order valence-electron chi connectivity index (χ4n) is 3.37. The van der Waals surface area contributed by atoms with Crippen molar-refractivity contribution in [2.24, 2.45) is 0 Å². The summed E-state index contributed by atoms with van der Waals surface area (Å²) in [6.07, 6.45) is 0.956. The third kappa shape index (κ3) is 5.33. The number of rotatable bonds is 7. The number of hydrogen-bond donors (Lipinski definition) is 3. The third-order valence-electron chi connectivity index (χ3n) is 5.06. The summed E-state index contributed by atoms with van der Waals surface area (Å²) in [6, 6.07) is 13.5. The Morgan fingerprint density at radius 3 is 2.72 bits per heavy atom. The smallest absolute Gasteiger partial charge is 0.254 e. The summed E-state index contributed by atoms with van der Waals surface area (Å²) in [5.74, 6) is -0.832. The number of halogens is 1. The second-order valence-corrected chi connectivity index (χ2v) is 8.71. The molecule has 9 heteroatoms. The molecule has 0 fully saturated rings. The van der Waals surface area contributed by atoms with Crippen molar-refractivity contribution in [3.63, 3.8) is 0 Å². The predicted molar refractivity (Wildman–Crippen MR) is 125 cm³/mol. The van der Waals surface area contributed by atoms with E-state index in [1.807, 2.05) is 29.6 Å². The van der Waals surface area contributed by atoms with Gasteiger partial charge in [0.15, 0.2) is 0 Å². The summed E-state index contributed by atoms with van der Waals surface area (Å²) in [7, 11) is 0. The normalized spacial score (nSPS) is 15.3. The average Bonchev–Trinajstić information content (AvgIpc) is 3.21. The second kappa shape index (κ2) is 9.93. The van der Waals surface area contributed by atoms with Gasteiger partial charge in [-0.1, -0.05) is 35.9 Å². The highest BCUT2D eigenvalue weighted by atomic mass is 35.5. The Labute approximate surface area is 194 Å². The van der Waals surface area contributed by atoms with Gasteiger partial charge in [0, 0.05) is 35.4 Å². The molecular weight excluding hydrogens is 448 g/mol. The Hall–Kier alpha value is -3.23. The lowest BCUT2D eigenvalue weighted by atomic mass is 10.1. The quantitative estimate of drug-likeness (QED) is 0.492. The van der Waals surface area contributed by atoms with Gasteiger partial charge in [-0.15, -0.1) is 11.3 Å². The highest BCUT2D eigenvalue weighted by Gasteiger charge is 2.27. The van der Waals surface area contributed by atoms with E-state index in [1.54, 1.807) is 24.3 Å². The molecule has 32 heavy (non-hydrogen) atoms. The van der Waals surface area contributed by atoms with Crippen LogP contribution in [0.15, 0.2) is 53.9 Å². The van der Waals surface area contributed by atoms with Crippen LogP contribution in [-0.2, 0) is 16.0 Å². The molecule has 0 radical (unpaired) electrons. The van der Waals surface area contributed by atoms with Gasteiger partial charge < -0.3 is 16.0 Å². The molecule has 2 aromatic carbocycles. The Balaban J connectivity index is 1.23. The summed E-state index contributed by atoms with van der Waals surface area (Å²) in [5, 5.41) is 11.9. The number of carbonyl (C=O) groups is 3. The van der Waals surface area contributed by atoms with Gasteiger partial charge in [-0.25, -0.2) is 4.98 Å². The summed E-state index contributed by atoms with van der Waals surface area (Å²) >= 11 is 7.46. The zero-order valence-corrected chi connectivity index (χ0v) is 18.6.